The average molecular weight is 353 g/mol. The van der Waals surface area contributed by atoms with Crippen LogP contribution >= 0.6 is 12.4 Å². The first-order valence-electron chi connectivity index (χ1n) is 7.41. The van der Waals surface area contributed by atoms with Crippen LogP contribution in [-0.2, 0) is 11.0 Å². The van der Waals surface area contributed by atoms with E-state index in [1.54, 1.807) is 13.0 Å². The van der Waals surface area contributed by atoms with Gasteiger partial charge in [-0.25, -0.2) is 0 Å². The molecule has 0 fully saturated rings. The lowest BCUT2D eigenvalue weighted by atomic mass is 9.92. The number of hydrogen-bond acceptors (Lipinski definition) is 2. The van der Waals surface area contributed by atoms with Crippen molar-refractivity contribution in [2.24, 2.45) is 0 Å². The van der Waals surface area contributed by atoms with Gasteiger partial charge in [0.25, 0.3) is 0 Å². The van der Waals surface area contributed by atoms with Gasteiger partial charge in [-0.2, -0.15) is 13.2 Å². The van der Waals surface area contributed by atoms with Crippen LogP contribution < -0.4 is 10.6 Å². The van der Waals surface area contributed by atoms with Gasteiger partial charge in [0.05, 0.1) is 5.56 Å². The SMILES string of the molecule is CCN[C@H](C)CNC(=O)CC(C)c1ccccc1C(F)(F)F.Cl. The molecule has 0 spiro atoms. The number of benzene rings is 1. The van der Waals surface area contributed by atoms with Crippen LogP contribution in [0.1, 0.15) is 44.2 Å². The molecule has 7 heteroatoms. The number of likely N-dealkylation sites (N-methyl/N-ethyl adjacent to an activating group) is 1. The molecule has 0 aliphatic heterocycles. The van der Waals surface area contributed by atoms with Gasteiger partial charge in [-0.05, 0) is 31.0 Å². The van der Waals surface area contributed by atoms with Gasteiger partial charge in [0.15, 0.2) is 0 Å². The summed E-state index contributed by atoms with van der Waals surface area (Å²) in [5.41, 5.74) is -0.513. The highest BCUT2D eigenvalue weighted by molar-refractivity contribution is 5.85. The Hall–Kier alpha value is -1.27. The van der Waals surface area contributed by atoms with Gasteiger partial charge in [-0.15, -0.1) is 12.4 Å². The molecule has 0 saturated heterocycles. The third-order valence-corrected chi connectivity index (χ3v) is 3.45. The Morgan fingerprint density at radius 3 is 2.39 bits per heavy atom. The van der Waals surface area contributed by atoms with Crippen molar-refractivity contribution in [3.8, 4) is 0 Å². The van der Waals surface area contributed by atoms with E-state index >= 15 is 0 Å². The molecule has 0 bridgehead atoms. The summed E-state index contributed by atoms with van der Waals surface area (Å²) in [6, 6.07) is 5.54. The maximum absolute atomic E-state index is 13.0. The van der Waals surface area contributed by atoms with Gasteiger partial charge in [0, 0.05) is 19.0 Å². The molecular weight excluding hydrogens is 329 g/mol. The van der Waals surface area contributed by atoms with Crippen LogP contribution in [0.25, 0.3) is 0 Å². The molecule has 0 saturated carbocycles. The predicted octanol–water partition coefficient (Wildman–Crippen LogP) is 3.74. The molecule has 1 amide bonds. The van der Waals surface area contributed by atoms with Crippen molar-refractivity contribution < 1.29 is 18.0 Å². The van der Waals surface area contributed by atoms with Crippen molar-refractivity contribution in [1.82, 2.24) is 10.6 Å². The molecule has 3 nitrogen and oxygen atoms in total. The number of rotatable bonds is 7. The zero-order chi connectivity index (χ0) is 16.8. The van der Waals surface area contributed by atoms with Crippen molar-refractivity contribution in [2.75, 3.05) is 13.1 Å². The number of halogens is 4. The fourth-order valence-corrected chi connectivity index (χ4v) is 2.33. The molecule has 23 heavy (non-hydrogen) atoms. The highest BCUT2D eigenvalue weighted by atomic mass is 35.5. The van der Waals surface area contributed by atoms with E-state index in [9.17, 15) is 18.0 Å². The fraction of sp³-hybridized carbons (Fsp3) is 0.562. The molecule has 1 aromatic rings. The number of nitrogens with one attached hydrogen (secondary N) is 2. The van der Waals surface area contributed by atoms with Gasteiger partial charge in [0.2, 0.25) is 5.91 Å². The van der Waals surface area contributed by atoms with E-state index in [4.69, 9.17) is 0 Å². The van der Waals surface area contributed by atoms with Crippen LogP contribution in [0.4, 0.5) is 13.2 Å². The lowest BCUT2D eigenvalue weighted by molar-refractivity contribution is -0.138. The first-order valence-corrected chi connectivity index (χ1v) is 7.41. The van der Waals surface area contributed by atoms with Gasteiger partial charge < -0.3 is 10.6 Å². The molecule has 0 aliphatic rings. The third kappa shape index (κ3) is 7.22. The standard InChI is InChI=1S/C16H23F3N2O.ClH/c1-4-20-12(3)10-21-15(22)9-11(2)13-7-5-6-8-14(13)16(17,18)19;/h5-8,11-12,20H,4,9-10H2,1-3H3,(H,21,22);1H/t11?,12-;/m1./s1. The summed E-state index contributed by atoms with van der Waals surface area (Å²) in [6.07, 6.45) is -4.37. The van der Waals surface area contributed by atoms with E-state index in [1.165, 1.54) is 12.1 Å². The highest BCUT2D eigenvalue weighted by Crippen LogP contribution is 2.35. The first kappa shape index (κ1) is 21.7. The molecule has 0 radical (unpaired) electrons. The summed E-state index contributed by atoms with van der Waals surface area (Å²) < 4.78 is 38.9. The molecule has 1 rings (SSSR count). The number of alkyl halides is 3. The van der Waals surface area contributed by atoms with Crippen molar-refractivity contribution in [3.05, 3.63) is 35.4 Å². The fourth-order valence-electron chi connectivity index (χ4n) is 2.33. The largest absolute Gasteiger partial charge is 0.416 e. The summed E-state index contributed by atoms with van der Waals surface area (Å²) in [4.78, 5) is 11.9. The molecular formula is C16H24ClF3N2O. The molecule has 1 aromatic carbocycles. The molecule has 0 heterocycles. The Bertz CT molecular complexity index is 494. The summed E-state index contributed by atoms with van der Waals surface area (Å²) in [6.45, 7) is 6.80. The number of amides is 1. The molecule has 132 valence electrons. The minimum absolute atomic E-state index is 0. The van der Waals surface area contributed by atoms with Crippen LogP contribution in [-0.4, -0.2) is 25.0 Å². The summed E-state index contributed by atoms with van der Waals surface area (Å²) in [7, 11) is 0. The van der Waals surface area contributed by atoms with E-state index in [0.717, 1.165) is 12.6 Å². The quantitative estimate of drug-likeness (QED) is 0.785. The number of carbonyl (C=O) groups is 1. The Morgan fingerprint density at radius 2 is 1.83 bits per heavy atom. The summed E-state index contributed by atoms with van der Waals surface area (Å²) in [5, 5.41) is 5.89. The highest BCUT2D eigenvalue weighted by Gasteiger charge is 2.34. The smallest absolute Gasteiger partial charge is 0.355 e. The van der Waals surface area contributed by atoms with Gasteiger partial charge in [-0.1, -0.05) is 32.0 Å². The van der Waals surface area contributed by atoms with E-state index in [2.05, 4.69) is 10.6 Å². The van der Waals surface area contributed by atoms with Crippen LogP contribution in [0.15, 0.2) is 24.3 Å². The Balaban J connectivity index is 0.00000484. The van der Waals surface area contributed by atoms with Crippen LogP contribution in [0, 0.1) is 0 Å². The molecule has 0 aromatic heterocycles. The summed E-state index contributed by atoms with van der Waals surface area (Å²) >= 11 is 0. The molecule has 0 aliphatic carbocycles. The topological polar surface area (TPSA) is 41.1 Å². The van der Waals surface area contributed by atoms with Gasteiger partial charge in [0.1, 0.15) is 0 Å². The van der Waals surface area contributed by atoms with Crippen LogP contribution in [0.3, 0.4) is 0 Å². The normalized spacial score (nSPS) is 13.8. The Morgan fingerprint density at radius 1 is 1.22 bits per heavy atom. The number of carbonyl (C=O) groups excluding carboxylic acids is 1. The minimum atomic E-state index is -4.40. The predicted molar refractivity (Wildman–Crippen MR) is 87.9 cm³/mol. The first-order chi connectivity index (χ1) is 10.3. The molecule has 2 atom stereocenters. The second-order valence-corrected chi connectivity index (χ2v) is 5.45. The lowest BCUT2D eigenvalue weighted by Crippen LogP contribution is -2.39. The Labute approximate surface area is 141 Å². The zero-order valence-corrected chi connectivity index (χ0v) is 14.4. The lowest BCUT2D eigenvalue weighted by Gasteiger charge is -2.19. The molecule has 2 N–H and O–H groups in total. The van der Waals surface area contributed by atoms with Crippen molar-refractivity contribution in [1.29, 1.82) is 0 Å². The van der Waals surface area contributed by atoms with E-state index in [1.807, 2.05) is 13.8 Å². The van der Waals surface area contributed by atoms with E-state index < -0.39 is 17.7 Å². The minimum Gasteiger partial charge on any atom is -0.355 e. The van der Waals surface area contributed by atoms with Crippen LogP contribution in [0.5, 0.6) is 0 Å². The average Bonchev–Trinajstić information content (AvgIpc) is 2.44. The maximum atomic E-state index is 13.0. The third-order valence-electron chi connectivity index (χ3n) is 3.45. The van der Waals surface area contributed by atoms with Crippen molar-refractivity contribution in [3.63, 3.8) is 0 Å². The maximum Gasteiger partial charge on any atom is 0.416 e. The Kier molecular flexibility index (Phi) is 9.24. The second kappa shape index (κ2) is 9.78. The summed E-state index contributed by atoms with van der Waals surface area (Å²) in [5.74, 6) is -0.735. The van der Waals surface area contributed by atoms with Crippen molar-refractivity contribution >= 4 is 18.3 Å². The van der Waals surface area contributed by atoms with E-state index in [-0.39, 0.29) is 36.3 Å². The van der Waals surface area contributed by atoms with Gasteiger partial charge in [-0.3, -0.25) is 4.79 Å². The zero-order valence-electron chi connectivity index (χ0n) is 13.5. The number of hydrogen-bond donors (Lipinski definition) is 2. The van der Waals surface area contributed by atoms with Gasteiger partial charge >= 0.3 is 6.18 Å². The molecule has 1 unspecified atom stereocenters. The second-order valence-electron chi connectivity index (χ2n) is 5.45. The van der Waals surface area contributed by atoms with E-state index in [0.29, 0.717) is 6.54 Å². The monoisotopic (exact) mass is 352 g/mol. The van der Waals surface area contributed by atoms with Crippen molar-refractivity contribution in [2.45, 2.75) is 45.3 Å². The van der Waals surface area contributed by atoms with Crippen LogP contribution in [0.2, 0.25) is 0 Å².